The minimum absolute atomic E-state index is 0.150. The monoisotopic (exact) mass is 349 g/mol. The van der Waals surface area contributed by atoms with E-state index in [4.69, 9.17) is 5.26 Å². The molecular weight excluding hydrogens is 326 g/mol. The Kier molecular flexibility index (Phi) is 5.47. The Bertz CT molecular complexity index is 792. The number of rotatable bonds is 5. The lowest BCUT2D eigenvalue weighted by molar-refractivity contribution is -0.129. The third-order valence-corrected chi connectivity index (χ3v) is 4.67. The number of carbonyl (C=O) groups is 1. The molecule has 6 heteroatoms. The van der Waals surface area contributed by atoms with E-state index < -0.39 is 0 Å². The number of likely N-dealkylation sites (tertiary alicyclic amines) is 1. The Labute approximate surface area is 153 Å². The first-order valence-electron chi connectivity index (χ1n) is 8.92. The van der Waals surface area contributed by atoms with Crippen LogP contribution >= 0.6 is 0 Å². The Morgan fingerprint density at radius 2 is 2.04 bits per heavy atom. The van der Waals surface area contributed by atoms with Crippen molar-refractivity contribution in [3.8, 4) is 6.07 Å². The summed E-state index contributed by atoms with van der Waals surface area (Å²) in [6.45, 7) is 5.72. The van der Waals surface area contributed by atoms with Gasteiger partial charge in [0.25, 0.3) is 0 Å². The minimum atomic E-state index is 0.150. The second-order valence-corrected chi connectivity index (χ2v) is 6.96. The Hall–Kier alpha value is -2.94. The molecule has 0 spiro atoms. The maximum absolute atomic E-state index is 12.5. The van der Waals surface area contributed by atoms with E-state index in [0.29, 0.717) is 30.4 Å². The topological polar surface area (TPSA) is 81.9 Å². The summed E-state index contributed by atoms with van der Waals surface area (Å²) in [7, 11) is 0. The number of carbonyl (C=O) groups excluding carboxylic acids is 1. The molecule has 134 valence electrons. The van der Waals surface area contributed by atoms with Crippen LogP contribution in [0.2, 0.25) is 0 Å². The zero-order valence-electron chi connectivity index (χ0n) is 15.1. The molecule has 0 bridgehead atoms. The molecule has 2 heterocycles. The highest BCUT2D eigenvalue weighted by molar-refractivity contribution is 5.79. The van der Waals surface area contributed by atoms with Crippen LogP contribution in [0.25, 0.3) is 0 Å². The summed E-state index contributed by atoms with van der Waals surface area (Å²) in [5.41, 5.74) is 2.63. The molecule has 1 aliphatic rings. The van der Waals surface area contributed by atoms with Crippen molar-refractivity contribution < 1.29 is 4.79 Å². The fraction of sp³-hybridized carbons (Fsp3) is 0.400. The van der Waals surface area contributed by atoms with Crippen LogP contribution in [0.5, 0.6) is 0 Å². The maximum Gasteiger partial charge on any atom is 0.227 e. The van der Waals surface area contributed by atoms with Gasteiger partial charge in [-0.25, -0.2) is 0 Å². The third-order valence-electron chi connectivity index (χ3n) is 4.67. The van der Waals surface area contributed by atoms with E-state index in [2.05, 4.69) is 41.5 Å². The Morgan fingerprint density at radius 3 is 2.65 bits per heavy atom. The van der Waals surface area contributed by atoms with Crippen LogP contribution in [0.4, 0.5) is 5.82 Å². The highest BCUT2D eigenvalue weighted by Crippen LogP contribution is 2.18. The summed E-state index contributed by atoms with van der Waals surface area (Å²) in [5, 5.41) is 19.8. The molecule has 1 aromatic heterocycles. The van der Waals surface area contributed by atoms with E-state index >= 15 is 0 Å². The molecule has 0 radical (unpaired) electrons. The van der Waals surface area contributed by atoms with Crippen molar-refractivity contribution in [1.82, 2.24) is 15.1 Å². The molecule has 1 saturated heterocycles. The quantitative estimate of drug-likeness (QED) is 0.897. The number of amides is 1. The van der Waals surface area contributed by atoms with Gasteiger partial charge in [-0.15, -0.1) is 10.2 Å². The summed E-state index contributed by atoms with van der Waals surface area (Å²) in [5.74, 6) is 1.28. The summed E-state index contributed by atoms with van der Waals surface area (Å²) in [4.78, 5) is 14.4. The van der Waals surface area contributed by atoms with Gasteiger partial charge >= 0.3 is 0 Å². The second kappa shape index (κ2) is 7.96. The van der Waals surface area contributed by atoms with E-state index in [1.54, 1.807) is 12.1 Å². The summed E-state index contributed by atoms with van der Waals surface area (Å²) >= 11 is 0. The molecule has 1 fully saturated rings. The van der Waals surface area contributed by atoms with E-state index in [0.717, 1.165) is 18.5 Å². The highest BCUT2D eigenvalue weighted by atomic mass is 16.2. The SMILES string of the molecule is CC(C)c1ccc(CC(=O)N2CCC(Nc3ccc(C#N)nn3)C2)cc1. The summed E-state index contributed by atoms with van der Waals surface area (Å²) in [6, 6.07) is 13.8. The molecule has 2 aromatic rings. The number of aromatic nitrogens is 2. The van der Waals surface area contributed by atoms with Gasteiger partial charge in [0.15, 0.2) is 5.69 Å². The molecule has 0 saturated carbocycles. The molecule has 1 amide bonds. The molecule has 1 atom stereocenters. The molecule has 3 rings (SSSR count). The molecule has 1 N–H and O–H groups in total. The fourth-order valence-electron chi connectivity index (χ4n) is 3.09. The largest absolute Gasteiger partial charge is 0.364 e. The van der Waals surface area contributed by atoms with Crippen LogP contribution in [0.15, 0.2) is 36.4 Å². The number of nitrogens with zero attached hydrogens (tertiary/aromatic N) is 4. The smallest absolute Gasteiger partial charge is 0.227 e. The first kappa shape index (κ1) is 17.9. The third kappa shape index (κ3) is 4.37. The van der Waals surface area contributed by atoms with Crippen LogP contribution in [0.3, 0.4) is 0 Å². The highest BCUT2D eigenvalue weighted by Gasteiger charge is 2.26. The van der Waals surface area contributed by atoms with Gasteiger partial charge in [-0.2, -0.15) is 5.26 Å². The van der Waals surface area contributed by atoms with Crippen molar-refractivity contribution in [2.45, 2.75) is 38.6 Å². The van der Waals surface area contributed by atoms with Gasteiger partial charge in [0, 0.05) is 19.1 Å². The predicted octanol–water partition coefficient (Wildman–Crippen LogP) is 2.73. The Morgan fingerprint density at radius 1 is 1.27 bits per heavy atom. The van der Waals surface area contributed by atoms with Gasteiger partial charge in [-0.05, 0) is 35.6 Å². The summed E-state index contributed by atoms with van der Waals surface area (Å²) in [6.07, 6.45) is 1.31. The zero-order chi connectivity index (χ0) is 18.5. The molecule has 1 aromatic carbocycles. The standard InChI is InChI=1S/C20H23N5O/c1-14(2)16-5-3-15(4-6-16)11-20(26)25-10-9-18(13-25)22-19-8-7-17(12-21)23-24-19/h3-8,14,18H,9-11,13H2,1-2H3,(H,22,24). The van der Waals surface area contributed by atoms with Crippen LogP contribution in [-0.4, -0.2) is 40.1 Å². The maximum atomic E-state index is 12.5. The average Bonchev–Trinajstić information content (AvgIpc) is 3.11. The van der Waals surface area contributed by atoms with Crippen LogP contribution in [0, 0.1) is 11.3 Å². The van der Waals surface area contributed by atoms with Crippen molar-refractivity contribution >= 4 is 11.7 Å². The van der Waals surface area contributed by atoms with Gasteiger partial charge in [0.2, 0.25) is 5.91 Å². The van der Waals surface area contributed by atoms with Gasteiger partial charge in [-0.1, -0.05) is 38.1 Å². The van der Waals surface area contributed by atoms with Crippen LogP contribution < -0.4 is 5.32 Å². The van der Waals surface area contributed by atoms with E-state index in [1.807, 2.05) is 23.1 Å². The first-order valence-corrected chi connectivity index (χ1v) is 8.92. The molecule has 0 aliphatic carbocycles. The lowest BCUT2D eigenvalue weighted by atomic mass is 10.0. The molecule has 6 nitrogen and oxygen atoms in total. The van der Waals surface area contributed by atoms with E-state index in [9.17, 15) is 4.79 Å². The fourth-order valence-corrected chi connectivity index (χ4v) is 3.09. The van der Waals surface area contributed by atoms with E-state index in [-0.39, 0.29) is 11.9 Å². The number of hydrogen-bond acceptors (Lipinski definition) is 5. The summed E-state index contributed by atoms with van der Waals surface area (Å²) < 4.78 is 0. The number of hydrogen-bond donors (Lipinski definition) is 1. The lowest BCUT2D eigenvalue weighted by Gasteiger charge is -2.17. The van der Waals surface area contributed by atoms with Gasteiger partial charge in [0.05, 0.1) is 6.42 Å². The van der Waals surface area contributed by atoms with Crippen molar-refractivity contribution in [1.29, 1.82) is 5.26 Å². The predicted molar refractivity (Wildman–Crippen MR) is 99.6 cm³/mol. The van der Waals surface area contributed by atoms with Crippen molar-refractivity contribution in [2.75, 3.05) is 18.4 Å². The number of nitrogens with one attached hydrogen (secondary N) is 1. The Balaban J connectivity index is 1.52. The van der Waals surface area contributed by atoms with Crippen molar-refractivity contribution in [2.24, 2.45) is 0 Å². The van der Waals surface area contributed by atoms with Crippen LogP contribution in [-0.2, 0) is 11.2 Å². The van der Waals surface area contributed by atoms with Gasteiger partial charge in [-0.3, -0.25) is 4.79 Å². The number of anilines is 1. The van der Waals surface area contributed by atoms with Crippen molar-refractivity contribution in [3.63, 3.8) is 0 Å². The lowest BCUT2D eigenvalue weighted by Crippen LogP contribution is -2.32. The molecule has 26 heavy (non-hydrogen) atoms. The van der Waals surface area contributed by atoms with Crippen molar-refractivity contribution in [3.05, 3.63) is 53.2 Å². The normalized spacial score (nSPS) is 16.5. The minimum Gasteiger partial charge on any atom is -0.364 e. The zero-order valence-corrected chi connectivity index (χ0v) is 15.1. The molecular formula is C20H23N5O. The van der Waals surface area contributed by atoms with Gasteiger partial charge < -0.3 is 10.2 Å². The van der Waals surface area contributed by atoms with E-state index in [1.165, 1.54) is 5.56 Å². The number of nitriles is 1. The van der Waals surface area contributed by atoms with Gasteiger partial charge in [0.1, 0.15) is 11.9 Å². The second-order valence-electron chi connectivity index (χ2n) is 6.96. The number of benzene rings is 1. The first-order chi connectivity index (χ1) is 12.5. The van der Waals surface area contributed by atoms with Crippen LogP contribution in [0.1, 0.15) is 43.0 Å². The molecule has 1 aliphatic heterocycles. The molecule has 1 unspecified atom stereocenters. The average molecular weight is 349 g/mol.